The molecule has 0 saturated heterocycles. The number of nitrogens with two attached hydrogens (primary N) is 1. The van der Waals surface area contributed by atoms with Gasteiger partial charge in [0, 0.05) is 6.21 Å². The lowest BCUT2D eigenvalue weighted by Gasteiger charge is -2.08. The number of nitrogens with zero attached hydrogens (tertiary/aromatic N) is 1. The Morgan fingerprint density at radius 1 is 1.12 bits per heavy atom. The van der Waals surface area contributed by atoms with Crippen LogP contribution in [0.4, 0.5) is 5.69 Å². The first kappa shape index (κ1) is 19.1. The van der Waals surface area contributed by atoms with E-state index in [-0.39, 0.29) is 4.90 Å². The second-order valence-corrected chi connectivity index (χ2v) is 7.23. The maximum Gasteiger partial charge on any atom is 0.238 e. The number of rotatable bonds is 8. The zero-order valence-electron chi connectivity index (χ0n) is 14.6. The molecule has 0 atom stereocenters. The fourth-order valence-electron chi connectivity index (χ4n) is 2.45. The van der Waals surface area contributed by atoms with Crippen molar-refractivity contribution >= 4 is 21.9 Å². The molecule has 0 bridgehead atoms. The van der Waals surface area contributed by atoms with Crippen molar-refractivity contribution in [1.29, 1.82) is 0 Å². The van der Waals surface area contributed by atoms with E-state index < -0.39 is 10.0 Å². The minimum Gasteiger partial charge on any atom is -0.494 e. The van der Waals surface area contributed by atoms with Crippen molar-refractivity contribution in [2.24, 2.45) is 10.1 Å². The molecule has 5 nitrogen and oxygen atoms in total. The molecule has 134 valence electrons. The predicted molar refractivity (Wildman–Crippen MR) is 101 cm³/mol. The summed E-state index contributed by atoms with van der Waals surface area (Å²) >= 11 is 0. The average molecular weight is 360 g/mol. The summed E-state index contributed by atoms with van der Waals surface area (Å²) < 4.78 is 28.8. The second kappa shape index (κ2) is 8.78. The van der Waals surface area contributed by atoms with Crippen LogP contribution in [0.2, 0.25) is 0 Å². The fraction of sp³-hybridized carbons (Fsp3) is 0.316. The van der Waals surface area contributed by atoms with Gasteiger partial charge in [0.1, 0.15) is 5.75 Å². The Hall–Kier alpha value is -2.18. The summed E-state index contributed by atoms with van der Waals surface area (Å²) in [4.78, 5) is 4.62. The van der Waals surface area contributed by atoms with Gasteiger partial charge in [0.05, 0.1) is 17.2 Å². The first-order valence-corrected chi connectivity index (χ1v) is 9.91. The largest absolute Gasteiger partial charge is 0.494 e. The highest BCUT2D eigenvalue weighted by molar-refractivity contribution is 7.89. The van der Waals surface area contributed by atoms with E-state index >= 15 is 0 Å². The van der Waals surface area contributed by atoms with Crippen LogP contribution in [0.3, 0.4) is 0 Å². The van der Waals surface area contributed by atoms with E-state index in [2.05, 4.69) is 11.9 Å². The lowest BCUT2D eigenvalue weighted by Crippen LogP contribution is -2.14. The van der Waals surface area contributed by atoms with Crippen LogP contribution in [0.5, 0.6) is 5.75 Å². The quantitative estimate of drug-likeness (QED) is 0.726. The zero-order chi connectivity index (χ0) is 18.3. The van der Waals surface area contributed by atoms with E-state index in [9.17, 15) is 8.42 Å². The molecule has 6 heteroatoms. The number of aryl methyl sites for hydroxylation is 1. The Balaban J connectivity index is 2.23. The minimum atomic E-state index is -3.72. The number of primary sulfonamides is 1. The number of unbranched alkanes of at least 4 members (excludes halogenated alkanes) is 1. The molecule has 0 aliphatic carbocycles. The molecule has 2 N–H and O–H groups in total. The van der Waals surface area contributed by atoms with E-state index in [1.807, 2.05) is 31.2 Å². The summed E-state index contributed by atoms with van der Waals surface area (Å²) in [5.41, 5.74) is 2.35. The van der Waals surface area contributed by atoms with Crippen LogP contribution in [-0.2, 0) is 16.4 Å². The molecule has 0 aliphatic heterocycles. The van der Waals surface area contributed by atoms with Crippen LogP contribution in [0.15, 0.2) is 52.4 Å². The Morgan fingerprint density at radius 3 is 2.44 bits per heavy atom. The number of hydrogen-bond acceptors (Lipinski definition) is 4. The summed E-state index contributed by atoms with van der Waals surface area (Å²) in [7, 11) is -3.72. The molecule has 2 aromatic rings. The van der Waals surface area contributed by atoms with Gasteiger partial charge in [-0.1, -0.05) is 13.3 Å². The van der Waals surface area contributed by atoms with Crippen molar-refractivity contribution in [3.8, 4) is 5.75 Å². The number of ether oxygens (including phenoxy) is 1. The molecule has 2 aromatic carbocycles. The number of benzene rings is 2. The Labute approximate surface area is 149 Å². The SMILES string of the molecule is CCCCc1cc(N=Cc2ccc(OCC)cc2)ccc1S(N)(=O)=O. The monoisotopic (exact) mass is 360 g/mol. The molecule has 0 radical (unpaired) electrons. The maximum atomic E-state index is 11.7. The summed E-state index contributed by atoms with van der Waals surface area (Å²) in [6.45, 7) is 4.63. The molecule has 0 amide bonds. The van der Waals surface area contributed by atoms with Crippen LogP contribution >= 0.6 is 0 Å². The van der Waals surface area contributed by atoms with Crippen molar-refractivity contribution < 1.29 is 13.2 Å². The third-order valence-electron chi connectivity index (χ3n) is 3.70. The lowest BCUT2D eigenvalue weighted by atomic mass is 10.1. The topological polar surface area (TPSA) is 81.8 Å². The van der Waals surface area contributed by atoms with Gasteiger partial charge < -0.3 is 4.74 Å². The van der Waals surface area contributed by atoms with Gasteiger partial charge in [0.2, 0.25) is 10.0 Å². The maximum absolute atomic E-state index is 11.7. The van der Waals surface area contributed by atoms with Crippen LogP contribution in [0.25, 0.3) is 0 Å². The molecule has 25 heavy (non-hydrogen) atoms. The predicted octanol–water partition coefficient (Wildman–Crippen LogP) is 3.83. The van der Waals surface area contributed by atoms with E-state index in [0.29, 0.717) is 24.3 Å². The van der Waals surface area contributed by atoms with Crippen molar-refractivity contribution in [2.45, 2.75) is 38.0 Å². The molecule has 0 heterocycles. The van der Waals surface area contributed by atoms with Gasteiger partial charge in [-0.15, -0.1) is 0 Å². The third-order valence-corrected chi connectivity index (χ3v) is 4.72. The average Bonchev–Trinajstić information content (AvgIpc) is 2.58. The van der Waals surface area contributed by atoms with Gasteiger partial charge in [0.25, 0.3) is 0 Å². The standard InChI is InChI=1S/C19H24N2O3S/c1-3-5-6-16-13-17(9-12-19(16)25(20,22)23)21-14-15-7-10-18(11-8-15)24-4-2/h7-14H,3-6H2,1-2H3,(H2,20,22,23). The number of sulfonamides is 1. The van der Waals surface area contributed by atoms with Crippen LogP contribution < -0.4 is 9.88 Å². The van der Waals surface area contributed by atoms with Crippen molar-refractivity contribution in [3.63, 3.8) is 0 Å². The van der Waals surface area contributed by atoms with Gasteiger partial charge in [-0.05, 0) is 73.4 Å². The van der Waals surface area contributed by atoms with Crippen molar-refractivity contribution in [3.05, 3.63) is 53.6 Å². The minimum absolute atomic E-state index is 0.181. The molecular formula is C19H24N2O3S. The van der Waals surface area contributed by atoms with Crippen LogP contribution in [-0.4, -0.2) is 21.2 Å². The van der Waals surface area contributed by atoms with Gasteiger partial charge in [-0.25, -0.2) is 13.6 Å². The smallest absolute Gasteiger partial charge is 0.238 e. The summed E-state index contributed by atoms with van der Waals surface area (Å²) in [6, 6.07) is 12.6. The van der Waals surface area contributed by atoms with E-state index in [0.717, 1.165) is 24.2 Å². The highest BCUT2D eigenvalue weighted by atomic mass is 32.2. The first-order chi connectivity index (χ1) is 11.9. The van der Waals surface area contributed by atoms with Crippen LogP contribution in [0.1, 0.15) is 37.8 Å². The molecule has 0 aromatic heterocycles. The van der Waals surface area contributed by atoms with E-state index in [4.69, 9.17) is 9.88 Å². The van der Waals surface area contributed by atoms with Gasteiger partial charge >= 0.3 is 0 Å². The van der Waals surface area contributed by atoms with Crippen molar-refractivity contribution in [1.82, 2.24) is 0 Å². The molecule has 0 saturated carbocycles. The molecule has 2 rings (SSSR count). The Morgan fingerprint density at radius 2 is 1.84 bits per heavy atom. The molecule has 0 unspecified atom stereocenters. The normalized spacial score (nSPS) is 11.8. The summed E-state index contributed by atoms with van der Waals surface area (Å²) in [5, 5.41) is 5.31. The van der Waals surface area contributed by atoms with Gasteiger partial charge in [-0.2, -0.15) is 0 Å². The Bertz CT molecular complexity index is 828. The third kappa shape index (κ3) is 5.69. The van der Waals surface area contributed by atoms with Crippen LogP contribution in [0, 0.1) is 0 Å². The summed E-state index contributed by atoms with van der Waals surface area (Å²) in [5.74, 6) is 0.819. The lowest BCUT2D eigenvalue weighted by molar-refractivity contribution is 0.340. The van der Waals surface area contributed by atoms with Crippen molar-refractivity contribution in [2.75, 3.05) is 6.61 Å². The number of aliphatic imine (C=N–C) groups is 1. The highest BCUT2D eigenvalue weighted by Gasteiger charge is 2.13. The molecule has 0 aliphatic rings. The first-order valence-electron chi connectivity index (χ1n) is 8.36. The molecule has 0 spiro atoms. The zero-order valence-corrected chi connectivity index (χ0v) is 15.4. The van der Waals surface area contributed by atoms with Gasteiger partial charge in [-0.3, -0.25) is 4.99 Å². The highest BCUT2D eigenvalue weighted by Crippen LogP contribution is 2.23. The van der Waals surface area contributed by atoms with Gasteiger partial charge in [0.15, 0.2) is 0 Å². The van der Waals surface area contributed by atoms with E-state index in [1.54, 1.807) is 18.3 Å². The molecule has 0 fully saturated rings. The Kier molecular flexibility index (Phi) is 6.73. The van der Waals surface area contributed by atoms with E-state index in [1.165, 1.54) is 6.07 Å². The second-order valence-electron chi connectivity index (χ2n) is 5.70. The fourth-order valence-corrected chi connectivity index (χ4v) is 3.24. The summed E-state index contributed by atoms with van der Waals surface area (Å²) in [6.07, 6.45) is 4.28. The molecular weight excluding hydrogens is 336 g/mol. The number of hydrogen-bond donors (Lipinski definition) is 1.